The van der Waals surface area contributed by atoms with E-state index in [1.165, 1.54) is 18.4 Å². The molecule has 1 aromatic heterocycles. The monoisotopic (exact) mass is 180 g/mol. The normalized spacial score (nSPS) is 11.1. The van der Waals surface area contributed by atoms with E-state index in [2.05, 4.69) is 49.2 Å². The lowest BCUT2D eigenvalue weighted by Crippen LogP contribution is -2.26. The number of nitrogens with one attached hydrogen (secondary N) is 1. The number of aromatic nitrogens is 1. The van der Waals surface area contributed by atoms with Crippen molar-refractivity contribution in [1.82, 2.24) is 9.88 Å². The second-order valence-electron chi connectivity index (χ2n) is 3.58. The second kappa shape index (κ2) is 5.07. The predicted molar refractivity (Wildman–Crippen MR) is 56.6 cm³/mol. The summed E-state index contributed by atoms with van der Waals surface area (Å²) in [6.45, 7) is 5.45. The highest BCUT2D eigenvalue weighted by molar-refractivity contribution is 5.09. The third-order valence-electron chi connectivity index (χ3n) is 2.47. The topological polar surface area (TPSA) is 17.0 Å². The van der Waals surface area contributed by atoms with E-state index in [0.717, 1.165) is 6.54 Å². The summed E-state index contributed by atoms with van der Waals surface area (Å²) < 4.78 is 2.09. The number of aryl methyl sites for hydroxylation is 1. The van der Waals surface area contributed by atoms with Gasteiger partial charge in [-0.05, 0) is 24.5 Å². The van der Waals surface area contributed by atoms with Crippen molar-refractivity contribution >= 4 is 0 Å². The molecular formula is C11H20N2. The van der Waals surface area contributed by atoms with Crippen molar-refractivity contribution < 1.29 is 0 Å². The Hall–Kier alpha value is -0.760. The van der Waals surface area contributed by atoms with E-state index in [0.29, 0.717) is 6.04 Å². The van der Waals surface area contributed by atoms with Crippen LogP contribution in [0.15, 0.2) is 18.5 Å². The van der Waals surface area contributed by atoms with Crippen molar-refractivity contribution in [2.75, 3.05) is 0 Å². The van der Waals surface area contributed by atoms with Crippen molar-refractivity contribution in [2.45, 2.75) is 39.3 Å². The minimum absolute atomic E-state index is 0.667. The molecule has 74 valence electrons. The van der Waals surface area contributed by atoms with E-state index >= 15 is 0 Å². The average molecular weight is 180 g/mol. The van der Waals surface area contributed by atoms with Crippen molar-refractivity contribution in [3.8, 4) is 0 Å². The van der Waals surface area contributed by atoms with Crippen LogP contribution in [0.25, 0.3) is 0 Å². The maximum atomic E-state index is 3.54. The quantitative estimate of drug-likeness (QED) is 0.735. The van der Waals surface area contributed by atoms with Crippen molar-refractivity contribution in [3.05, 3.63) is 24.0 Å². The summed E-state index contributed by atoms with van der Waals surface area (Å²) in [6.07, 6.45) is 6.67. The molecule has 0 unspecified atom stereocenters. The number of hydrogen-bond donors (Lipinski definition) is 1. The van der Waals surface area contributed by atoms with Gasteiger partial charge in [-0.3, -0.25) is 0 Å². The van der Waals surface area contributed by atoms with E-state index in [1.54, 1.807) is 0 Å². The van der Waals surface area contributed by atoms with Crippen LogP contribution in [0.1, 0.15) is 32.3 Å². The first-order chi connectivity index (χ1) is 6.26. The Kier molecular flexibility index (Phi) is 4.03. The summed E-state index contributed by atoms with van der Waals surface area (Å²) >= 11 is 0. The Labute approximate surface area is 81.0 Å². The molecule has 2 nitrogen and oxygen atoms in total. The van der Waals surface area contributed by atoms with E-state index in [-0.39, 0.29) is 0 Å². The van der Waals surface area contributed by atoms with Crippen LogP contribution in [0.3, 0.4) is 0 Å². The fraction of sp³-hybridized carbons (Fsp3) is 0.636. The minimum atomic E-state index is 0.667. The van der Waals surface area contributed by atoms with Crippen LogP contribution in [0.2, 0.25) is 0 Å². The maximum Gasteiger partial charge on any atom is 0.0223 e. The molecule has 2 heteroatoms. The third-order valence-corrected chi connectivity index (χ3v) is 2.47. The zero-order valence-corrected chi connectivity index (χ0v) is 8.88. The van der Waals surface area contributed by atoms with Crippen LogP contribution >= 0.6 is 0 Å². The van der Waals surface area contributed by atoms with Crippen LogP contribution in [-0.4, -0.2) is 10.6 Å². The molecule has 0 aliphatic rings. The molecular weight excluding hydrogens is 160 g/mol. The van der Waals surface area contributed by atoms with Gasteiger partial charge in [0.2, 0.25) is 0 Å². The Morgan fingerprint density at radius 1 is 1.38 bits per heavy atom. The molecule has 0 atom stereocenters. The van der Waals surface area contributed by atoms with Gasteiger partial charge in [-0.2, -0.15) is 0 Å². The van der Waals surface area contributed by atoms with Crippen molar-refractivity contribution in [1.29, 1.82) is 0 Å². The highest BCUT2D eigenvalue weighted by Crippen LogP contribution is 2.02. The van der Waals surface area contributed by atoms with Gasteiger partial charge in [0.05, 0.1) is 0 Å². The highest BCUT2D eigenvalue weighted by Gasteiger charge is 2.02. The van der Waals surface area contributed by atoms with Gasteiger partial charge >= 0.3 is 0 Å². The van der Waals surface area contributed by atoms with Gasteiger partial charge < -0.3 is 9.88 Å². The zero-order valence-electron chi connectivity index (χ0n) is 8.88. The van der Waals surface area contributed by atoms with Gasteiger partial charge in [0, 0.05) is 32.0 Å². The Morgan fingerprint density at radius 3 is 2.54 bits per heavy atom. The van der Waals surface area contributed by atoms with E-state index in [9.17, 15) is 0 Å². The first-order valence-electron chi connectivity index (χ1n) is 5.10. The number of nitrogens with zero attached hydrogens (tertiary/aromatic N) is 1. The maximum absolute atomic E-state index is 3.54. The number of rotatable bonds is 5. The lowest BCUT2D eigenvalue weighted by Gasteiger charge is -2.13. The van der Waals surface area contributed by atoms with Crippen LogP contribution in [0.4, 0.5) is 0 Å². The predicted octanol–water partition coefficient (Wildman–Crippen LogP) is 2.30. The molecule has 0 bridgehead atoms. The van der Waals surface area contributed by atoms with E-state index in [1.807, 2.05) is 0 Å². The SMILES string of the molecule is CCC(CC)NCc1ccn(C)c1. The van der Waals surface area contributed by atoms with Gasteiger partial charge in [-0.25, -0.2) is 0 Å². The minimum Gasteiger partial charge on any atom is -0.357 e. The van der Waals surface area contributed by atoms with Gasteiger partial charge in [-0.15, -0.1) is 0 Å². The second-order valence-corrected chi connectivity index (χ2v) is 3.58. The lowest BCUT2D eigenvalue weighted by atomic mass is 10.1. The van der Waals surface area contributed by atoms with Crippen LogP contribution in [0.5, 0.6) is 0 Å². The summed E-state index contributed by atoms with van der Waals surface area (Å²) in [5.41, 5.74) is 1.37. The summed E-state index contributed by atoms with van der Waals surface area (Å²) in [5, 5.41) is 3.54. The molecule has 1 heterocycles. The molecule has 1 aromatic rings. The third kappa shape index (κ3) is 3.23. The van der Waals surface area contributed by atoms with Crippen molar-refractivity contribution in [3.63, 3.8) is 0 Å². The summed E-state index contributed by atoms with van der Waals surface area (Å²) in [7, 11) is 2.06. The first kappa shape index (κ1) is 10.3. The average Bonchev–Trinajstić information content (AvgIpc) is 2.53. The zero-order chi connectivity index (χ0) is 9.68. The van der Waals surface area contributed by atoms with Crippen LogP contribution < -0.4 is 5.32 Å². The summed E-state index contributed by atoms with van der Waals surface area (Å²) in [6, 6.07) is 2.83. The summed E-state index contributed by atoms with van der Waals surface area (Å²) in [5.74, 6) is 0. The molecule has 13 heavy (non-hydrogen) atoms. The fourth-order valence-electron chi connectivity index (χ4n) is 1.51. The molecule has 0 radical (unpaired) electrons. The molecule has 0 spiro atoms. The molecule has 0 aliphatic carbocycles. The Bertz CT molecular complexity index is 236. The molecule has 0 aliphatic heterocycles. The molecule has 0 saturated carbocycles. The van der Waals surface area contributed by atoms with E-state index in [4.69, 9.17) is 0 Å². The fourth-order valence-corrected chi connectivity index (χ4v) is 1.51. The van der Waals surface area contributed by atoms with Gasteiger partial charge in [0.1, 0.15) is 0 Å². The smallest absolute Gasteiger partial charge is 0.0223 e. The largest absolute Gasteiger partial charge is 0.357 e. The first-order valence-corrected chi connectivity index (χ1v) is 5.10. The Balaban J connectivity index is 2.33. The van der Waals surface area contributed by atoms with Crippen LogP contribution in [-0.2, 0) is 13.6 Å². The molecule has 0 aromatic carbocycles. The molecule has 0 saturated heterocycles. The molecule has 1 N–H and O–H groups in total. The Morgan fingerprint density at radius 2 is 2.08 bits per heavy atom. The molecule has 1 rings (SSSR count). The van der Waals surface area contributed by atoms with E-state index < -0.39 is 0 Å². The van der Waals surface area contributed by atoms with Gasteiger partial charge in [0.15, 0.2) is 0 Å². The molecule has 0 fully saturated rings. The van der Waals surface area contributed by atoms with Crippen LogP contribution in [0, 0.1) is 0 Å². The summed E-state index contributed by atoms with van der Waals surface area (Å²) in [4.78, 5) is 0. The highest BCUT2D eigenvalue weighted by atomic mass is 14.9. The van der Waals surface area contributed by atoms with Gasteiger partial charge in [-0.1, -0.05) is 13.8 Å². The van der Waals surface area contributed by atoms with Crippen molar-refractivity contribution in [2.24, 2.45) is 7.05 Å². The standard InChI is InChI=1S/C11H20N2/c1-4-11(5-2)12-8-10-6-7-13(3)9-10/h6-7,9,11-12H,4-5,8H2,1-3H3. The molecule has 0 amide bonds. The number of hydrogen-bond acceptors (Lipinski definition) is 1. The lowest BCUT2D eigenvalue weighted by molar-refractivity contribution is 0.484. The van der Waals surface area contributed by atoms with Gasteiger partial charge in [0.25, 0.3) is 0 Å².